The molecule has 262 valence electrons. The van der Waals surface area contributed by atoms with Crippen molar-refractivity contribution in [3.63, 3.8) is 0 Å². The third-order valence-corrected chi connectivity index (χ3v) is 11.7. The van der Waals surface area contributed by atoms with Gasteiger partial charge in [0.15, 0.2) is 17.5 Å². The van der Waals surface area contributed by atoms with Crippen molar-refractivity contribution in [2.24, 2.45) is 0 Å². The first-order valence-electron chi connectivity index (χ1n) is 18.7. The molecule has 0 amide bonds. The van der Waals surface area contributed by atoms with Crippen molar-refractivity contribution in [1.29, 1.82) is 0 Å². The summed E-state index contributed by atoms with van der Waals surface area (Å²) in [7, 11) is 0. The standard InChI is InChI=1S/C51H31N3OS/c1-4-14-32(15-5-1)35-20-12-21-36(28-35)42-29-38(30-43-40-22-10-11-25-46(40)56-48(42)43)39-23-13-24-44-47(39)41-27-26-37(31-45(41)55-44)51-53-49(33-16-6-2-7-17-33)52-50(54-51)34-18-8-3-9-19-34/h1-31H. The van der Waals surface area contributed by atoms with Crippen LogP contribution in [0.3, 0.4) is 0 Å². The molecule has 11 aromatic rings. The average molecular weight is 734 g/mol. The van der Waals surface area contributed by atoms with Gasteiger partial charge in [-0.15, -0.1) is 11.3 Å². The van der Waals surface area contributed by atoms with Crippen LogP contribution in [0.1, 0.15) is 0 Å². The minimum atomic E-state index is 0.595. The van der Waals surface area contributed by atoms with Crippen LogP contribution in [0.2, 0.25) is 0 Å². The van der Waals surface area contributed by atoms with Gasteiger partial charge in [-0.2, -0.15) is 0 Å². The molecule has 0 saturated heterocycles. The van der Waals surface area contributed by atoms with Crippen LogP contribution in [0.5, 0.6) is 0 Å². The zero-order chi connectivity index (χ0) is 37.0. The Morgan fingerprint density at radius 2 is 0.946 bits per heavy atom. The number of fused-ring (bicyclic) bond motifs is 6. The lowest BCUT2D eigenvalue weighted by atomic mass is 9.92. The fourth-order valence-corrected chi connectivity index (χ4v) is 9.06. The van der Waals surface area contributed by atoms with E-state index in [4.69, 9.17) is 19.4 Å². The SMILES string of the molecule is c1ccc(-c2cccc(-c3cc(-c4cccc5oc6cc(-c7nc(-c8ccccc8)nc(-c8ccccc8)n7)ccc6c45)cc4c3sc3ccccc34)c2)cc1. The third-order valence-electron chi connectivity index (χ3n) is 10.5. The Hall–Kier alpha value is -7.21. The molecule has 4 nitrogen and oxygen atoms in total. The fraction of sp³-hybridized carbons (Fsp3) is 0. The summed E-state index contributed by atoms with van der Waals surface area (Å²) in [5.41, 5.74) is 11.5. The molecule has 0 atom stereocenters. The lowest BCUT2D eigenvalue weighted by molar-refractivity contribution is 0.669. The quantitative estimate of drug-likeness (QED) is 0.171. The van der Waals surface area contributed by atoms with Gasteiger partial charge in [0.05, 0.1) is 0 Å². The van der Waals surface area contributed by atoms with Crippen molar-refractivity contribution in [1.82, 2.24) is 15.0 Å². The van der Waals surface area contributed by atoms with Crippen molar-refractivity contribution >= 4 is 53.4 Å². The molecule has 0 fully saturated rings. The van der Waals surface area contributed by atoms with E-state index in [1.54, 1.807) is 0 Å². The van der Waals surface area contributed by atoms with Crippen LogP contribution in [-0.2, 0) is 0 Å². The molecule has 0 aliphatic heterocycles. The first-order valence-corrected chi connectivity index (χ1v) is 19.5. The largest absolute Gasteiger partial charge is 0.456 e. The highest BCUT2D eigenvalue weighted by Gasteiger charge is 2.19. The summed E-state index contributed by atoms with van der Waals surface area (Å²) in [4.78, 5) is 14.8. The second-order valence-electron chi connectivity index (χ2n) is 14.0. The van der Waals surface area contributed by atoms with Crippen LogP contribution in [0, 0.1) is 0 Å². The van der Waals surface area contributed by atoms with Gasteiger partial charge in [-0.05, 0) is 70.3 Å². The Bertz CT molecular complexity index is 3180. The molecule has 0 bridgehead atoms. The molecular weight excluding hydrogens is 703 g/mol. The van der Waals surface area contributed by atoms with Crippen molar-refractivity contribution in [2.75, 3.05) is 0 Å². The van der Waals surface area contributed by atoms with Gasteiger partial charge in [0.2, 0.25) is 0 Å². The van der Waals surface area contributed by atoms with Gasteiger partial charge in [-0.25, -0.2) is 15.0 Å². The van der Waals surface area contributed by atoms with Crippen LogP contribution < -0.4 is 0 Å². The summed E-state index contributed by atoms with van der Waals surface area (Å²) in [6.07, 6.45) is 0. The second kappa shape index (κ2) is 13.3. The van der Waals surface area contributed by atoms with E-state index in [0.29, 0.717) is 17.5 Å². The maximum atomic E-state index is 6.66. The molecule has 3 heterocycles. The molecule has 0 spiro atoms. The van der Waals surface area contributed by atoms with Crippen molar-refractivity contribution in [3.8, 4) is 67.5 Å². The van der Waals surface area contributed by atoms with E-state index >= 15 is 0 Å². The van der Waals surface area contributed by atoms with Gasteiger partial charge >= 0.3 is 0 Å². The van der Waals surface area contributed by atoms with E-state index < -0.39 is 0 Å². The molecule has 8 aromatic carbocycles. The van der Waals surface area contributed by atoms with Crippen LogP contribution in [-0.4, -0.2) is 15.0 Å². The molecule has 0 N–H and O–H groups in total. The summed E-state index contributed by atoms with van der Waals surface area (Å²) in [6, 6.07) is 65.8. The van der Waals surface area contributed by atoms with Gasteiger partial charge in [0, 0.05) is 53.2 Å². The summed E-state index contributed by atoms with van der Waals surface area (Å²) in [5, 5.41) is 4.66. The van der Waals surface area contributed by atoms with Gasteiger partial charge in [0.25, 0.3) is 0 Å². The van der Waals surface area contributed by atoms with E-state index in [-0.39, 0.29) is 0 Å². The highest BCUT2D eigenvalue weighted by molar-refractivity contribution is 7.26. The van der Waals surface area contributed by atoms with Crippen molar-refractivity contribution in [2.45, 2.75) is 0 Å². The van der Waals surface area contributed by atoms with E-state index in [0.717, 1.165) is 49.8 Å². The van der Waals surface area contributed by atoms with Crippen LogP contribution in [0.25, 0.3) is 110 Å². The number of furan rings is 1. The van der Waals surface area contributed by atoms with Crippen molar-refractivity contribution < 1.29 is 4.42 Å². The van der Waals surface area contributed by atoms with E-state index in [2.05, 4.69) is 127 Å². The third kappa shape index (κ3) is 5.56. The number of benzene rings is 8. The van der Waals surface area contributed by atoms with Crippen molar-refractivity contribution in [3.05, 3.63) is 188 Å². The molecule has 0 unspecified atom stereocenters. The second-order valence-corrected chi connectivity index (χ2v) is 15.0. The lowest BCUT2D eigenvalue weighted by Gasteiger charge is -2.12. The smallest absolute Gasteiger partial charge is 0.164 e. The summed E-state index contributed by atoms with van der Waals surface area (Å²) in [5.74, 6) is 1.85. The molecule has 0 aliphatic rings. The monoisotopic (exact) mass is 733 g/mol. The van der Waals surface area contributed by atoms with Gasteiger partial charge in [-0.3, -0.25) is 0 Å². The fourth-order valence-electron chi connectivity index (χ4n) is 7.84. The number of rotatable bonds is 6. The lowest BCUT2D eigenvalue weighted by Crippen LogP contribution is -2.00. The van der Waals surface area contributed by atoms with Gasteiger partial charge < -0.3 is 4.42 Å². The summed E-state index contributed by atoms with van der Waals surface area (Å²) >= 11 is 1.86. The Morgan fingerprint density at radius 1 is 0.339 bits per heavy atom. The summed E-state index contributed by atoms with van der Waals surface area (Å²) < 4.78 is 9.23. The molecule has 0 saturated carbocycles. The molecular formula is C51H31N3OS. The van der Waals surface area contributed by atoms with Gasteiger partial charge in [-0.1, -0.05) is 146 Å². The van der Waals surface area contributed by atoms with E-state index in [1.807, 2.05) is 72.0 Å². The van der Waals surface area contributed by atoms with Crippen LogP contribution in [0.4, 0.5) is 0 Å². The summed E-state index contributed by atoms with van der Waals surface area (Å²) in [6.45, 7) is 0. The zero-order valence-electron chi connectivity index (χ0n) is 30.1. The number of hydrogen-bond donors (Lipinski definition) is 0. The van der Waals surface area contributed by atoms with Gasteiger partial charge in [0.1, 0.15) is 11.2 Å². The molecule has 0 radical (unpaired) electrons. The van der Waals surface area contributed by atoms with Crippen LogP contribution in [0.15, 0.2) is 192 Å². The highest BCUT2D eigenvalue weighted by Crippen LogP contribution is 2.45. The topological polar surface area (TPSA) is 51.8 Å². The molecule has 3 aromatic heterocycles. The minimum Gasteiger partial charge on any atom is -0.456 e. The molecule has 11 rings (SSSR count). The van der Waals surface area contributed by atoms with E-state index in [1.165, 1.54) is 42.4 Å². The average Bonchev–Trinajstić information content (AvgIpc) is 3.85. The normalized spacial score (nSPS) is 11.6. The Balaban J connectivity index is 1.09. The maximum Gasteiger partial charge on any atom is 0.164 e. The maximum absolute atomic E-state index is 6.66. The van der Waals surface area contributed by atoms with E-state index in [9.17, 15) is 0 Å². The predicted molar refractivity (Wildman–Crippen MR) is 233 cm³/mol. The first kappa shape index (κ1) is 32.2. The Morgan fingerprint density at radius 3 is 1.68 bits per heavy atom. The number of thiophene rings is 1. The molecule has 5 heteroatoms. The first-order chi connectivity index (χ1) is 27.7. The number of hydrogen-bond acceptors (Lipinski definition) is 5. The Labute approximate surface area is 327 Å². The predicted octanol–water partition coefficient (Wildman–Crippen LogP) is 14.1. The minimum absolute atomic E-state index is 0.595. The molecule has 56 heavy (non-hydrogen) atoms. The number of aromatic nitrogens is 3. The molecule has 0 aliphatic carbocycles. The zero-order valence-corrected chi connectivity index (χ0v) is 30.9. The van der Waals surface area contributed by atoms with Crippen LogP contribution >= 0.6 is 11.3 Å². The highest BCUT2D eigenvalue weighted by atomic mass is 32.1. The Kier molecular flexibility index (Phi) is 7.64. The number of nitrogens with zero attached hydrogens (tertiary/aromatic N) is 3.